The fourth-order valence-electron chi connectivity index (χ4n) is 2.75. The van der Waals surface area contributed by atoms with E-state index in [1.54, 1.807) is 25.3 Å². The summed E-state index contributed by atoms with van der Waals surface area (Å²) < 4.78 is 28.2. The van der Waals surface area contributed by atoms with Crippen molar-refractivity contribution < 1.29 is 17.9 Å². The fourth-order valence-corrected chi connectivity index (χ4v) is 4.47. The van der Waals surface area contributed by atoms with Gasteiger partial charge in [0.1, 0.15) is 4.88 Å². The molecule has 0 saturated heterocycles. The first kappa shape index (κ1) is 19.2. The Kier molecular flexibility index (Phi) is 5.41. The molecule has 1 aromatic carbocycles. The SMILES string of the molecule is CCOC(=O)c1sc(-c2ccccn2)c(C)c1-c1ccc(S(N)(=O)=O)cc1. The lowest BCUT2D eigenvalue weighted by Crippen LogP contribution is -2.11. The van der Waals surface area contributed by atoms with Crippen molar-refractivity contribution in [3.05, 3.63) is 59.1 Å². The fraction of sp³-hybridized carbons (Fsp3) is 0.158. The van der Waals surface area contributed by atoms with Crippen molar-refractivity contribution in [2.24, 2.45) is 5.14 Å². The van der Waals surface area contributed by atoms with Gasteiger partial charge < -0.3 is 4.74 Å². The summed E-state index contributed by atoms with van der Waals surface area (Å²) in [5, 5.41) is 5.17. The third-order valence-electron chi connectivity index (χ3n) is 3.98. The minimum Gasteiger partial charge on any atom is -0.462 e. The Labute approximate surface area is 161 Å². The van der Waals surface area contributed by atoms with E-state index in [4.69, 9.17) is 9.88 Å². The van der Waals surface area contributed by atoms with Gasteiger partial charge in [-0.2, -0.15) is 0 Å². The van der Waals surface area contributed by atoms with Crippen molar-refractivity contribution in [3.63, 3.8) is 0 Å². The summed E-state index contributed by atoms with van der Waals surface area (Å²) in [4.78, 5) is 18.2. The number of hydrogen-bond acceptors (Lipinski definition) is 6. The normalized spacial score (nSPS) is 11.4. The van der Waals surface area contributed by atoms with Gasteiger partial charge in [0, 0.05) is 11.8 Å². The predicted molar refractivity (Wildman–Crippen MR) is 105 cm³/mol. The second-order valence-corrected chi connectivity index (χ2v) is 8.35. The Bertz CT molecular complexity index is 1070. The molecule has 0 spiro atoms. The number of pyridine rings is 1. The van der Waals surface area contributed by atoms with Gasteiger partial charge >= 0.3 is 5.97 Å². The molecule has 0 fully saturated rings. The van der Waals surface area contributed by atoms with E-state index < -0.39 is 16.0 Å². The molecule has 140 valence electrons. The number of carbonyl (C=O) groups is 1. The van der Waals surface area contributed by atoms with Crippen LogP contribution in [-0.2, 0) is 14.8 Å². The van der Waals surface area contributed by atoms with Gasteiger partial charge in [-0.25, -0.2) is 18.4 Å². The average molecular weight is 402 g/mol. The van der Waals surface area contributed by atoms with E-state index >= 15 is 0 Å². The van der Waals surface area contributed by atoms with Crippen molar-refractivity contribution in [2.75, 3.05) is 6.61 Å². The lowest BCUT2D eigenvalue weighted by Gasteiger charge is -2.07. The number of sulfonamides is 1. The molecule has 0 aliphatic rings. The lowest BCUT2D eigenvalue weighted by molar-refractivity contribution is 0.0533. The maximum absolute atomic E-state index is 12.5. The number of ether oxygens (including phenoxy) is 1. The zero-order valence-electron chi connectivity index (χ0n) is 14.8. The Hall–Kier alpha value is -2.55. The molecule has 0 aliphatic heterocycles. The quantitative estimate of drug-likeness (QED) is 0.657. The van der Waals surface area contributed by atoms with Gasteiger partial charge in [-0.1, -0.05) is 18.2 Å². The van der Waals surface area contributed by atoms with Gasteiger partial charge in [0.25, 0.3) is 0 Å². The van der Waals surface area contributed by atoms with Crippen LogP contribution in [0.4, 0.5) is 0 Å². The van der Waals surface area contributed by atoms with Crippen LogP contribution in [-0.4, -0.2) is 26.0 Å². The van der Waals surface area contributed by atoms with Crippen LogP contribution < -0.4 is 5.14 Å². The summed E-state index contributed by atoms with van der Waals surface area (Å²) in [6.07, 6.45) is 1.69. The number of esters is 1. The maximum Gasteiger partial charge on any atom is 0.348 e. The predicted octanol–water partition coefficient (Wildman–Crippen LogP) is 3.61. The van der Waals surface area contributed by atoms with Crippen LogP contribution >= 0.6 is 11.3 Å². The molecule has 2 N–H and O–H groups in total. The van der Waals surface area contributed by atoms with Crippen LogP contribution in [0, 0.1) is 6.92 Å². The summed E-state index contributed by atoms with van der Waals surface area (Å²) in [7, 11) is -3.78. The van der Waals surface area contributed by atoms with E-state index in [0.29, 0.717) is 16.0 Å². The summed E-state index contributed by atoms with van der Waals surface area (Å²) >= 11 is 1.31. The molecule has 2 heterocycles. The summed E-state index contributed by atoms with van der Waals surface area (Å²) in [5.41, 5.74) is 3.06. The van der Waals surface area contributed by atoms with Gasteiger partial charge in [0.2, 0.25) is 10.0 Å². The molecule has 0 aliphatic carbocycles. The van der Waals surface area contributed by atoms with Crippen molar-refractivity contribution in [1.29, 1.82) is 0 Å². The van der Waals surface area contributed by atoms with Crippen LogP contribution in [0.15, 0.2) is 53.6 Å². The van der Waals surface area contributed by atoms with Crippen LogP contribution in [0.3, 0.4) is 0 Å². The van der Waals surface area contributed by atoms with E-state index in [1.807, 2.05) is 25.1 Å². The minimum atomic E-state index is -3.78. The van der Waals surface area contributed by atoms with Crippen LogP contribution in [0.2, 0.25) is 0 Å². The minimum absolute atomic E-state index is 0.0155. The number of nitrogens with two attached hydrogens (primary N) is 1. The smallest absolute Gasteiger partial charge is 0.348 e. The Balaban J connectivity index is 2.18. The van der Waals surface area contributed by atoms with Gasteiger partial charge in [-0.15, -0.1) is 11.3 Å². The Morgan fingerprint density at radius 1 is 1.19 bits per heavy atom. The maximum atomic E-state index is 12.5. The first-order valence-electron chi connectivity index (χ1n) is 8.18. The lowest BCUT2D eigenvalue weighted by atomic mass is 10.00. The van der Waals surface area contributed by atoms with Gasteiger partial charge in [-0.05, 0) is 49.2 Å². The number of thiophene rings is 1. The molecule has 0 atom stereocenters. The number of nitrogens with zero attached hydrogens (tertiary/aromatic N) is 1. The first-order valence-corrected chi connectivity index (χ1v) is 10.5. The summed E-state index contributed by atoms with van der Waals surface area (Å²) in [6, 6.07) is 11.7. The molecule has 6 nitrogen and oxygen atoms in total. The molecule has 0 saturated carbocycles. The Morgan fingerprint density at radius 2 is 1.89 bits per heavy atom. The number of hydrogen-bond donors (Lipinski definition) is 1. The van der Waals surface area contributed by atoms with Crippen molar-refractivity contribution in [3.8, 4) is 21.7 Å². The molecule has 8 heteroatoms. The van der Waals surface area contributed by atoms with E-state index in [9.17, 15) is 13.2 Å². The third-order valence-corrected chi connectivity index (χ3v) is 6.20. The van der Waals surface area contributed by atoms with Gasteiger partial charge in [-0.3, -0.25) is 4.98 Å². The van der Waals surface area contributed by atoms with E-state index in [0.717, 1.165) is 16.1 Å². The highest BCUT2D eigenvalue weighted by atomic mass is 32.2. The molecule has 3 rings (SSSR count). The third kappa shape index (κ3) is 3.92. The molecule has 0 unspecified atom stereocenters. The molecule has 0 radical (unpaired) electrons. The number of rotatable bonds is 5. The molecule has 3 aromatic rings. The van der Waals surface area contributed by atoms with Crippen molar-refractivity contribution in [2.45, 2.75) is 18.7 Å². The van der Waals surface area contributed by atoms with E-state index in [-0.39, 0.29) is 11.5 Å². The largest absolute Gasteiger partial charge is 0.462 e. The highest BCUT2D eigenvalue weighted by Crippen LogP contribution is 2.41. The molecule has 27 heavy (non-hydrogen) atoms. The van der Waals surface area contributed by atoms with E-state index in [1.165, 1.54) is 23.5 Å². The zero-order valence-corrected chi connectivity index (χ0v) is 16.4. The number of benzene rings is 1. The molecule has 0 amide bonds. The molecular formula is C19H18N2O4S2. The highest BCUT2D eigenvalue weighted by Gasteiger charge is 2.24. The summed E-state index contributed by atoms with van der Waals surface area (Å²) in [6.45, 7) is 3.92. The van der Waals surface area contributed by atoms with Gasteiger partial charge in [0.05, 0.1) is 22.1 Å². The second-order valence-electron chi connectivity index (χ2n) is 5.77. The van der Waals surface area contributed by atoms with Crippen LogP contribution in [0.5, 0.6) is 0 Å². The number of primary sulfonamides is 1. The van der Waals surface area contributed by atoms with E-state index in [2.05, 4.69) is 4.98 Å². The summed E-state index contributed by atoms with van der Waals surface area (Å²) in [5.74, 6) is -0.418. The highest BCUT2D eigenvalue weighted by molar-refractivity contribution is 7.89. The molecule has 2 aromatic heterocycles. The van der Waals surface area contributed by atoms with Crippen molar-refractivity contribution in [1.82, 2.24) is 4.98 Å². The first-order chi connectivity index (χ1) is 12.8. The van der Waals surface area contributed by atoms with Crippen LogP contribution in [0.25, 0.3) is 21.7 Å². The standard InChI is InChI=1S/C19H18N2O4S2/c1-3-25-19(22)18-16(13-7-9-14(10-8-13)27(20,23)24)12(2)17(26-18)15-6-4-5-11-21-15/h4-11H,3H2,1-2H3,(H2,20,23,24). The van der Waals surface area contributed by atoms with Gasteiger partial charge in [0.15, 0.2) is 0 Å². The zero-order chi connectivity index (χ0) is 19.6. The second kappa shape index (κ2) is 7.59. The van der Waals surface area contributed by atoms with Crippen molar-refractivity contribution >= 4 is 27.3 Å². The monoisotopic (exact) mass is 402 g/mol. The topological polar surface area (TPSA) is 99.3 Å². The number of aromatic nitrogens is 1. The molecule has 0 bridgehead atoms. The molecular weight excluding hydrogens is 384 g/mol. The Morgan fingerprint density at radius 3 is 2.44 bits per heavy atom. The average Bonchev–Trinajstić information content (AvgIpc) is 2.99. The van der Waals surface area contributed by atoms with Crippen LogP contribution in [0.1, 0.15) is 22.2 Å². The number of carbonyl (C=O) groups excluding carboxylic acids is 1.